The van der Waals surface area contributed by atoms with Crippen molar-refractivity contribution < 1.29 is 0 Å². The van der Waals surface area contributed by atoms with E-state index in [4.69, 9.17) is 5.41 Å². The molecule has 0 bridgehead atoms. The Morgan fingerprint density at radius 1 is 1.19 bits per heavy atom. The number of hydrogen-bond donors (Lipinski definition) is 1. The van der Waals surface area contributed by atoms with E-state index in [9.17, 15) is 0 Å². The summed E-state index contributed by atoms with van der Waals surface area (Å²) in [6.45, 7) is 2.12. The van der Waals surface area contributed by atoms with Gasteiger partial charge in [-0.2, -0.15) is 0 Å². The molecule has 0 spiro atoms. The number of nitrogens with zero attached hydrogens (tertiary/aromatic N) is 1. The minimum atomic E-state index is 0.738. The summed E-state index contributed by atoms with van der Waals surface area (Å²) in [7, 11) is 0. The Balaban J connectivity index is 1.99. The van der Waals surface area contributed by atoms with Crippen LogP contribution >= 0.6 is 15.9 Å². The van der Waals surface area contributed by atoms with Crippen molar-refractivity contribution in [2.24, 2.45) is 0 Å². The van der Waals surface area contributed by atoms with Gasteiger partial charge in [-0.1, -0.05) is 34.1 Å². The van der Waals surface area contributed by atoms with Crippen LogP contribution in [0.5, 0.6) is 0 Å². The highest BCUT2D eigenvalue weighted by atomic mass is 79.9. The lowest BCUT2D eigenvalue weighted by molar-refractivity contribution is 0.336. The molecule has 1 aliphatic heterocycles. The van der Waals surface area contributed by atoms with Crippen LogP contribution in [0.25, 0.3) is 0 Å². The Kier molecular flexibility index (Phi) is 3.99. The third kappa shape index (κ3) is 2.85. The number of likely N-dealkylation sites (tertiary alicyclic amines) is 1. The molecule has 0 saturated carbocycles. The lowest BCUT2D eigenvalue weighted by atomic mass is 10.1. The standard InChI is InChI=1S/C13H17BrN2/c14-12-7-3-2-6-11(12)10-13(15)16-8-4-1-5-9-16/h2-3,6-7,15H,1,4-5,8-10H2. The summed E-state index contributed by atoms with van der Waals surface area (Å²) in [6, 6.07) is 8.17. The van der Waals surface area contributed by atoms with Crippen molar-refractivity contribution in [1.82, 2.24) is 4.90 Å². The SMILES string of the molecule is N=C(Cc1ccccc1Br)N1CCCCC1. The van der Waals surface area contributed by atoms with Gasteiger partial charge in [-0.05, 0) is 30.9 Å². The highest BCUT2D eigenvalue weighted by Crippen LogP contribution is 2.18. The molecular formula is C13H17BrN2. The molecule has 1 N–H and O–H groups in total. The maximum absolute atomic E-state index is 8.12. The van der Waals surface area contributed by atoms with E-state index < -0.39 is 0 Å². The zero-order valence-corrected chi connectivity index (χ0v) is 11.0. The summed E-state index contributed by atoms with van der Waals surface area (Å²) in [5.74, 6) is 0.756. The second kappa shape index (κ2) is 5.48. The molecule has 0 amide bonds. The summed E-state index contributed by atoms with van der Waals surface area (Å²) in [5, 5.41) is 8.12. The van der Waals surface area contributed by atoms with Crippen molar-refractivity contribution in [2.75, 3.05) is 13.1 Å². The van der Waals surface area contributed by atoms with E-state index >= 15 is 0 Å². The molecule has 1 aromatic carbocycles. The topological polar surface area (TPSA) is 27.1 Å². The molecule has 0 radical (unpaired) electrons. The molecule has 0 aliphatic carbocycles. The zero-order chi connectivity index (χ0) is 11.4. The van der Waals surface area contributed by atoms with Crippen LogP contribution in [0.4, 0.5) is 0 Å². The largest absolute Gasteiger partial charge is 0.360 e. The van der Waals surface area contributed by atoms with Crippen LogP contribution in [-0.2, 0) is 6.42 Å². The van der Waals surface area contributed by atoms with Gasteiger partial charge in [0.05, 0.1) is 0 Å². The fourth-order valence-corrected chi connectivity index (χ4v) is 2.52. The zero-order valence-electron chi connectivity index (χ0n) is 9.38. The molecule has 1 saturated heterocycles. The van der Waals surface area contributed by atoms with Gasteiger partial charge in [0.2, 0.25) is 0 Å². The van der Waals surface area contributed by atoms with E-state index in [0.29, 0.717) is 0 Å². The first kappa shape index (κ1) is 11.6. The summed E-state index contributed by atoms with van der Waals surface area (Å²) in [5.41, 5.74) is 1.21. The van der Waals surface area contributed by atoms with Gasteiger partial charge in [-0.15, -0.1) is 0 Å². The molecule has 86 valence electrons. The van der Waals surface area contributed by atoms with Crippen LogP contribution in [0.15, 0.2) is 28.7 Å². The predicted octanol–water partition coefficient (Wildman–Crippen LogP) is 3.45. The third-order valence-electron chi connectivity index (χ3n) is 3.05. The van der Waals surface area contributed by atoms with Gasteiger partial charge in [0.1, 0.15) is 5.84 Å². The Hall–Kier alpha value is -0.830. The number of amidine groups is 1. The molecule has 1 aromatic rings. The van der Waals surface area contributed by atoms with Crippen LogP contribution < -0.4 is 0 Å². The number of piperidine rings is 1. The monoisotopic (exact) mass is 280 g/mol. The van der Waals surface area contributed by atoms with E-state index in [1.165, 1.54) is 24.8 Å². The van der Waals surface area contributed by atoms with Gasteiger partial charge in [-0.3, -0.25) is 5.41 Å². The van der Waals surface area contributed by atoms with E-state index in [1.807, 2.05) is 18.2 Å². The maximum atomic E-state index is 8.12. The van der Waals surface area contributed by atoms with Gasteiger partial charge in [0, 0.05) is 24.0 Å². The molecule has 1 aliphatic rings. The predicted molar refractivity (Wildman–Crippen MR) is 71.0 cm³/mol. The minimum absolute atomic E-state index is 0.738. The van der Waals surface area contributed by atoms with E-state index in [-0.39, 0.29) is 0 Å². The van der Waals surface area contributed by atoms with Crippen molar-refractivity contribution in [3.05, 3.63) is 34.3 Å². The molecule has 1 heterocycles. The highest BCUT2D eigenvalue weighted by Gasteiger charge is 2.14. The lowest BCUT2D eigenvalue weighted by Gasteiger charge is -2.29. The number of halogens is 1. The average Bonchev–Trinajstić information content (AvgIpc) is 2.33. The van der Waals surface area contributed by atoms with E-state index in [0.717, 1.165) is 29.8 Å². The summed E-state index contributed by atoms with van der Waals surface area (Å²) in [4.78, 5) is 2.21. The molecule has 0 atom stereocenters. The molecule has 0 unspecified atom stereocenters. The first-order valence-corrected chi connectivity index (χ1v) is 6.62. The highest BCUT2D eigenvalue weighted by molar-refractivity contribution is 9.10. The Morgan fingerprint density at radius 3 is 2.56 bits per heavy atom. The number of nitrogens with one attached hydrogen (secondary N) is 1. The Morgan fingerprint density at radius 2 is 1.88 bits per heavy atom. The molecule has 1 fully saturated rings. The fraction of sp³-hybridized carbons (Fsp3) is 0.462. The van der Waals surface area contributed by atoms with Crippen molar-refractivity contribution >= 4 is 21.8 Å². The molecular weight excluding hydrogens is 264 g/mol. The average molecular weight is 281 g/mol. The number of benzene rings is 1. The van der Waals surface area contributed by atoms with Crippen LogP contribution in [-0.4, -0.2) is 23.8 Å². The second-order valence-corrected chi connectivity index (χ2v) is 5.12. The van der Waals surface area contributed by atoms with Crippen LogP contribution in [0.3, 0.4) is 0 Å². The first-order chi connectivity index (χ1) is 7.77. The van der Waals surface area contributed by atoms with Crippen molar-refractivity contribution in [1.29, 1.82) is 5.41 Å². The summed E-state index contributed by atoms with van der Waals surface area (Å²) >= 11 is 3.53. The van der Waals surface area contributed by atoms with Gasteiger partial charge < -0.3 is 4.90 Å². The van der Waals surface area contributed by atoms with Gasteiger partial charge in [0.25, 0.3) is 0 Å². The van der Waals surface area contributed by atoms with Gasteiger partial charge in [-0.25, -0.2) is 0 Å². The fourth-order valence-electron chi connectivity index (χ4n) is 2.10. The van der Waals surface area contributed by atoms with E-state index in [1.54, 1.807) is 0 Å². The van der Waals surface area contributed by atoms with Gasteiger partial charge >= 0.3 is 0 Å². The van der Waals surface area contributed by atoms with Crippen molar-refractivity contribution in [2.45, 2.75) is 25.7 Å². The molecule has 2 rings (SSSR count). The molecule has 16 heavy (non-hydrogen) atoms. The number of rotatable bonds is 2. The molecule has 2 nitrogen and oxygen atoms in total. The Labute approximate surface area is 105 Å². The van der Waals surface area contributed by atoms with Crippen LogP contribution in [0, 0.1) is 5.41 Å². The molecule has 0 aromatic heterocycles. The maximum Gasteiger partial charge on any atom is 0.100 e. The van der Waals surface area contributed by atoms with Crippen molar-refractivity contribution in [3.63, 3.8) is 0 Å². The minimum Gasteiger partial charge on any atom is -0.360 e. The van der Waals surface area contributed by atoms with Crippen LogP contribution in [0.1, 0.15) is 24.8 Å². The van der Waals surface area contributed by atoms with Crippen molar-refractivity contribution in [3.8, 4) is 0 Å². The third-order valence-corrected chi connectivity index (χ3v) is 3.83. The quantitative estimate of drug-likeness (QED) is 0.652. The lowest BCUT2D eigenvalue weighted by Crippen LogP contribution is -2.36. The number of hydrogen-bond acceptors (Lipinski definition) is 1. The molecule has 3 heteroatoms. The second-order valence-electron chi connectivity index (χ2n) is 4.26. The summed E-state index contributed by atoms with van der Waals surface area (Å²) in [6.07, 6.45) is 4.52. The summed E-state index contributed by atoms with van der Waals surface area (Å²) < 4.78 is 1.11. The Bertz CT molecular complexity index is 370. The normalized spacial score (nSPS) is 16.2. The smallest absolute Gasteiger partial charge is 0.100 e. The first-order valence-electron chi connectivity index (χ1n) is 5.83. The van der Waals surface area contributed by atoms with E-state index in [2.05, 4.69) is 26.9 Å². The van der Waals surface area contributed by atoms with Crippen LogP contribution in [0.2, 0.25) is 0 Å². The van der Waals surface area contributed by atoms with Gasteiger partial charge in [0.15, 0.2) is 0 Å².